The third-order valence-electron chi connectivity index (χ3n) is 2.35. The summed E-state index contributed by atoms with van der Waals surface area (Å²) in [4.78, 5) is 15.6. The average Bonchev–Trinajstić information content (AvgIpc) is 2.76. The van der Waals surface area contributed by atoms with Crippen LogP contribution in [0.3, 0.4) is 0 Å². The van der Waals surface area contributed by atoms with Crippen molar-refractivity contribution in [2.75, 3.05) is 5.32 Å². The number of amides is 1. The van der Waals surface area contributed by atoms with Crippen LogP contribution < -0.4 is 5.32 Å². The van der Waals surface area contributed by atoms with E-state index in [2.05, 4.69) is 10.3 Å². The monoisotopic (exact) mass is 232 g/mol. The molecule has 0 aliphatic heterocycles. The third-order valence-corrected chi connectivity index (χ3v) is 2.35. The quantitative estimate of drug-likeness (QED) is 0.845. The minimum absolute atomic E-state index is 0.0184. The molecule has 0 bridgehead atoms. The van der Waals surface area contributed by atoms with Crippen molar-refractivity contribution in [3.63, 3.8) is 0 Å². The Kier molecular flexibility index (Phi) is 3.20. The maximum atomic E-state index is 11.8. The molecule has 2 aromatic rings. The molecule has 5 nitrogen and oxygen atoms in total. The predicted octanol–water partition coefficient (Wildman–Crippen LogP) is 1.73. The van der Waals surface area contributed by atoms with Crippen molar-refractivity contribution >= 4 is 11.6 Å². The van der Waals surface area contributed by atoms with Gasteiger partial charge in [0, 0.05) is 5.69 Å². The number of aliphatic hydroxyl groups is 1. The highest BCUT2D eigenvalue weighted by Gasteiger charge is 2.13. The van der Waals surface area contributed by atoms with Crippen LogP contribution in [0.15, 0.2) is 35.1 Å². The smallest absolute Gasteiger partial charge is 0.293 e. The van der Waals surface area contributed by atoms with E-state index < -0.39 is 0 Å². The van der Waals surface area contributed by atoms with Crippen molar-refractivity contribution < 1.29 is 14.3 Å². The van der Waals surface area contributed by atoms with E-state index in [0.29, 0.717) is 11.4 Å². The number of carbonyl (C=O) groups excluding carboxylic acids is 1. The molecule has 2 rings (SSSR count). The summed E-state index contributed by atoms with van der Waals surface area (Å²) in [5.74, 6) is -0.131. The molecule has 1 amide bonds. The molecular formula is C12H12N2O3. The highest BCUT2D eigenvalue weighted by Crippen LogP contribution is 2.12. The number of hydrogen-bond acceptors (Lipinski definition) is 4. The zero-order chi connectivity index (χ0) is 12.3. The van der Waals surface area contributed by atoms with Gasteiger partial charge in [0.1, 0.15) is 0 Å². The molecule has 1 heterocycles. The predicted molar refractivity (Wildman–Crippen MR) is 61.6 cm³/mol. The molecule has 0 saturated heterocycles. The highest BCUT2D eigenvalue weighted by molar-refractivity contribution is 6.02. The molecule has 0 fully saturated rings. The van der Waals surface area contributed by atoms with Crippen molar-refractivity contribution in [2.45, 2.75) is 13.5 Å². The lowest BCUT2D eigenvalue weighted by Gasteiger charge is -2.04. The Morgan fingerprint density at radius 2 is 2.12 bits per heavy atom. The van der Waals surface area contributed by atoms with Crippen LogP contribution in [0, 0.1) is 6.92 Å². The minimum Gasteiger partial charge on any atom is -0.438 e. The number of benzene rings is 1. The zero-order valence-corrected chi connectivity index (χ0v) is 9.30. The van der Waals surface area contributed by atoms with E-state index in [-0.39, 0.29) is 18.3 Å². The molecule has 0 spiro atoms. The lowest BCUT2D eigenvalue weighted by atomic mass is 10.2. The number of nitrogens with one attached hydrogen (secondary N) is 1. The van der Waals surface area contributed by atoms with Crippen molar-refractivity contribution in [1.82, 2.24) is 4.98 Å². The van der Waals surface area contributed by atoms with Gasteiger partial charge in [-0.05, 0) is 24.6 Å². The first kappa shape index (κ1) is 11.3. The number of nitrogens with zero attached hydrogens (tertiary/aromatic N) is 1. The van der Waals surface area contributed by atoms with Crippen molar-refractivity contribution in [3.05, 3.63) is 47.7 Å². The molecule has 2 N–H and O–H groups in total. The number of carbonyl (C=O) groups is 1. The molecular weight excluding hydrogens is 220 g/mol. The fourth-order valence-corrected chi connectivity index (χ4v) is 1.40. The molecule has 0 atom stereocenters. The Morgan fingerprint density at radius 3 is 2.65 bits per heavy atom. The van der Waals surface area contributed by atoms with Gasteiger partial charge in [0.05, 0.1) is 12.3 Å². The Labute approximate surface area is 98.1 Å². The average molecular weight is 232 g/mol. The van der Waals surface area contributed by atoms with Gasteiger partial charge in [-0.3, -0.25) is 4.79 Å². The molecule has 5 heteroatoms. The molecule has 17 heavy (non-hydrogen) atoms. The van der Waals surface area contributed by atoms with Gasteiger partial charge in [-0.2, -0.15) is 0 Å². The molecule has 0 saturated carbocycles. The second-order valence-electron chi connectivity index (χ2n) is 3.58. The summed E-state index contributed by atoms with van der Waals surface area (Å²) in [6, 6.07) is 6.91. The molecule has 0 unspecified atom stereocenters. The van der Waals surface area contributed by atoms with Crippen LogP contribution in [0.4, 0.5) is 5.69 Å². The van der Waals surface area contributed by atoms with Gasteiger partial charge >= 0.3 is 0 Å². The van der Waals surface area contributed by atoms with Gasteiger partial charge < -0.3 is 14.8 Å². The van der Waals surface area contributed by atoms with Gasteiger partial charge in [-0.1, -0.05) is 12.1 Å². The van der Waals surface area contributed by atoms with Crippen LogP contribution in [0.1, 0.15) is 21.8 Å². The summed E-state index contributed by atoms with van der Waals surface area (Å²) in [5, 5.41) is 11.6. The van der Waals surface area contributed by atoms with Crippen molar-refractivity contribution in [2.24, 2.45) is 0 Å². The fraction of sp³-hybridized carbons (Fsp3) is 0.167. The molecule has 88 valence electrons. The first-order valence-electron chi connectivity index (χ1n) is 5.12. The molecule has 0 aliphatic rings. The number of oxazole rings is 1. The Balaban J connectivity index is 2.10. The standard InChI is InChI=1S/C12H12N2O3/c1-8-11(17-7-13-8)12(16)14-10-4-2-9(6-15)3-5-10/h2-5,7,15H,6H2,1H3,(H,14,16). The third kappa shape index (κ3) is 2.51. The number of aliphatic hydroxyl groups excluding tert-OH is 1. The lowest BCUT2D eigenvalue weighted by molar-refractivity contribution is 0.0996. The number of rotatable bonds is 3. The first-order chi connectivity index (χ1) is 8.20. The Bertz CT molecular complexity index is 517. The van der Waals surface area contributed by atoms with E-state index in [9.17, 15) is 4.79 Å². The Morgan fingerprint density at radius 1 is 1.41 bits per heavy atom. The van der Waals surface area contributed by atoms with Crippen molar-refractivity contribution in [3.8, 4) is 0 Å². The zero-order valence-electron chi connectivity index (χ0n) is 9.30. The van der Waals surface area contributed by atoms with E-state index in [0.717, 1.165) is 5.56 Å². The van der Waals surface area contributed by atoms with Gasteiger partial charge in [0.25, 0.3) is 5.91 Å². The van der Waals surface area contributed by atoms with Crippen LogP contribution in [0.5, 0.6) is 0 Å². The van der Waals surface area contributed by atoms with Crippen molar-refractivity contribution in [1.29, 1.82) is 0 Å². The minimum atomic E-state index is -0.336. The summed E-state index contributed by atoms with van der Waals surface area (Å²) in [5.41, 5.74) is 1.98. The van der Waals surface area contributed by atoms with E-state index in [1.807, 2.05) is 0 Å². The number of hydrogen-bond donors (Lipinski definition) is 2. The molecule has 1 aromatic carbocycles. The van der Waals surface area contributed by atoms with E-state index in [4.69, 9.17) is 9.52 Å². The summed E-state index contributed by atoms with van der Waals surface area (Å²) in [6.45, 7) is 1.68. The van der Waals surface area contributed by atoms with Crippen LogP contribution in [-0.4, -0.2) is 16.0 Å². The lowest BCUT2D eigenvalue weighted by Crippen LogP contribution is -2.12. The Hall–Kier alpha value is -2.14. The normalized spacial score (nSPS) is 10.2. The van der Waals surface area contributed by atoms with Crippen LogP contribution >= 0.6 is 0 Å². The first-order valence-corrected chi connectivity index (χ1v) is 5.12. The number of aromatic nitrogens is 1. The van der Waals surface area contributed by atoms with Crippen LogP contribution in [0.2, 0.25) is 0 Å². The van der Waals surface area contributed by atoms with Crippen LogP contribution in [-0.2, 0) is 6.61 Å². The summed E-state index contributed by atoms with van der Waals surface area (Å²) in [7, 11) is 0. The highest BCUT2D eigenvalue weighted by atomic mass is 16.3. The summed E-state index contributed by atoms with van der Waals surface area (Å²) in [6.07, 6.45) is 1.24. The number of aryl methyl sites for hydroxylation is 1. The maximum Gasteiger partial charge on any atom is 0.293 e. The fourth-order valence-electron chi connectivity index (χ4n) is 1.40. The second kappa shape index (κ2) is 4.80. The van der Waals surface area contributed by atoms with Gasteiger partial charge in [0.15, 0.2) is 6.39 Å². The van der Waals surface area contributed by atoms with E-state index >= 15 is 0 Å². The topological polar surface area (TPSA) is 75.4 Å². The summed E-state index contributed by atoms with van der Waals surface area (Å²) < 4.78 is 4.98. The van der Waals surface area contributed by atoms with Gasteiger partial charge in [-0.25, -0.2) is 4.98 Å². The molecule has 0 radical (unpaired) electrons. The van der Waals surface area contributed by atoms with Crippen LogP contribution in [0.25, 0.3) is 0 Å². The molecule has 1 aromatic heterocycles. The van der Waals surface area contributed by atoms with Gasteiger partial charge in [0.2, 0.25) is 5.76 Å². The second-order valence-corrected chi connectivity index (χ2v) is 3.58. The summed E-state index contributed by atoms with van der Waals surface area (Å²) >= 11 is 0. The maximum absolute atomic E-state index is 11.8. The van der Waals surface area contributed by atoms with Gasteiger partial charge in [-0.15, -0.1) is 0 Å². The SMILES string of the molecule is Cc1ncoc1C(=O)Nc1ccc(CO)cc1. The molecule has 0 aliphatic carbocycles. The van der Waals surface area contributed by atoms with E-state index in [1.165, 1.54) is 6.39 Å². The van der Waals surface area contributed by atoms with E-state index in [1.54, 1.807) is 31.2 Å². The largest absolute Gasteiger partial charge is 0.438 e. The number of anilines is 1.